The van der Waals surface area contributed by atoms with Crippen LogP contribution in [-0.4, -0.2) is 22.0 Å². The molecule has 3 aromatic rings. The van der Waals surface area contributed by atoms with Crippen LogP contribution in [0.25, 0.3) is 16.8 Å². The number of hydrogen-bond donors (Lipinski definition) is 1. The minimum absolute atomic E-state index is 0.0862. The van der Waals surface area contributed by atoms with E-state index in [1.807, 2.05) is 0 Å². The van der Waals surface area contributed by atoms with E-state index in [2.05, 4.69) is 31.1 Å². The summed E-state index contributed by atoms with van der Waals surface area (Å²) < 4.78 is 41.8. The van der Waals surface area contributed by atoms with Crippen LogP contribution >= 0.6 is 0 Å². The maximum Gasteiger partial charge on any atom is 0.417 e. The van der Waals surface area contributed by atoms with Gasteiger partial charge in [-0.3, -0.25) is 9.36 Å². The molecule has 0 atom stereocenters. The molecule has 0 saturated carbocycles. The Morgan fingerprint density at radius 1 is 1.07 bits per heavy atom. The molecule has 1 amide bonds. The second-order valence-electron chi connectivity index (χ2n) is 8.31. The number of alkyl halides is 3. The molecule has 0 aliphatic heterocycles. The number of amides is 1. The Morgan fingerprint density at radius 2 is 1.80 bits per heavy atom. The number of hydrogen-bond acceptors (Lipinski definition) is 2. The summed E-state index contributed by atoms with van der Waals surface area (Å²) in [5, 5.41) is 2.88. The standard InChI is InChI=1S/C23H24F3N3O/c1-22(2,3)11-12-28-21(30)20-14-27-15-29(20)17-8-6-7-16(13-17)18-9-4-5-10-19(18)23(24,25)26/h4-10,13-15H,11-12H2,1-3H3,(H,28,30). The van der Waals surface area contributed by atoms with Gasteiger partial charge in [0.05, 0.1) is 18.1 Å². The molecule has 3 rings (SSSR count). The predicted molar refractivity (Wildman–Crippen MR) is 110 cm³/mol. The first kappa shape index (κ1) is 21.6. The second kappa shape index (κ2) is 8.34. The molecule has 0 fully saturated rings. The van der Waals surface area contributed by atoms with Crippen molar-refractivity contribution in [1.29, 1.82) is 0 Å². The summed E-state index contributed by atoms with van der Waals surface area (Å²) in [7, 11) is 0. The van der Waals surface area contributed by atoms with Crippen molar-refractivity contribution in [1.82, 2.24) is 14.9 Å². The van der Waals surface area contributed by atoms with Gasteiger partial charge in [0.2, 0.25) is 0 Å². The van der Waals surface area contributed by atoms with Gasteiger partial charge in [-0.15, -0.1) is 0 Å². The molecule has 0 saturated heterocycles. The van der Waals surface area contributed by atoms with Crippen molar-refractivity contribution < 1.29 is 18.0 Å². The maximum atomic E-state index is 13.4. The maximum absolute atomic E-state index is 13.4. The molecule has 158 valence electrons. The van der Waals surface area contributed by atoms with Crippen LogP contribution in [0.5, 0.6) is 0 Å². The van der Waals surface area contributed by atoms with Gasteiger partial charge in [-0.1, -0.05) is 51.1 Å². The van der Waals surface area contributed by atoms with E-state index in [1.54, 1.807) is 34.9 Å². The summed E-state index contributed by atoms with van der Waals surface area (Å²) in [5.74, 6) is -0.280. The van der Waals surface area contributed by atoms with Crippen molar-refractivity contribution in [3.05, 3.63) is 72.3 Å². The Morgan fingerprint density at radius 3 is 2.50 bits per heavy atom. The van der Waals surface area contributed by atoms with Crippen LogP contribution in [0, 0.1) is 5.41 Å². The second-order valence-corrected chi connectivity index (χ2v) is 8.31. The fourth-order valence-electron chi connectivity index (χ4n) is 3.12. The quantitative estimate of drug-likeness (QED) is 0.579. The van der Waals surface area contributed by atoms with Gasteiger partial charge >= 0.3 is 6.18 Å². The molecule has 30 heavy (non-hydrogen) atoms. The van der Waals surface area contributed by atoms with Gasteiger partial charge in [0, 0.05) is 12.2 Å². The lowest BCUT2D eigenvalue weighted by atomic mass is 9.92. The van der Waals surface area contributed by atoms with Gasteiger partial charge in [0.1, 0.15) is 5.69 Å². The van der Waals surface area contributed by atoms with Crippen molar-refractivity contribution in [3.63, 3.8) is 0 Å². The highest BCUT2D eigenvalue weighted by molar-refractivity contribution is 5.93. The number of aromatic nitrogens is 2. The van der Waals surface area contributed by atoms with Gasteiger partial charge in [-0.25, -0.2) is 4.98 Å². The van der Waals surface area contributed by atoms with E-state index < -0.39 is 11.7 Å². The number of rotatable bonds is 5. The summed E-state index contributed by atoms with van der Waals surface area (Å²) in [5.41, 5.74) is 0.769. The highest BCUT2D eigenvalue weighted by atomic mass is 19.4. The van der Waals surface area contributed by atoms with Crippen molar-refractivity contribution in [3.8, 4) is 16.8 Å². The third kappa shape index (κ3) is 5.09. The topological polar surface area (TPSA) is 46.9 Å². The number of carbonyl (C=O) groups is 1. The van der Waals surface area contributed by atoms with E-state index in [9.17, 15) is 18.0 Å². The van der Waals surface area contributed by atoms with Crippen molar-refractivity contribution in [2.45, 2.75) is 33.4 Å². The monoisotopic (exact) mass is 415 g/mol. The number of halogens is 3. The number of carbonyl (C=O) groups excluding carboxylic acids is 1. The molecular weight excluding hydrogens is 391 g/mol. The Labute approximate surface area is 173 Å². The molecule has 2 aromatic carbocycles. The minimum Gasteiger partial charge on any atom is -0.351 e. The van der Waals surface area contributed by atoms with E-state index in [4.69, 9.17) is 0 Å². The predicted octanol–water partition coefficient (Wildman–Crippen LogP) is 5.72. The first-order valence-electron chi connectivity index (χ1n) is 9.64. The number of imidazole rings is 1. The van der Waals surface area contributed by atoms with Crippen molar-refractivity contribution >= 4 is 5.91 Å². The lowest BCUT2D eigenvalue weighted by Crippen LogP contribution is -2.28. The third-order valence-corrected chi connectivity index (χ3v) is 4.70. The van der Waals surface area contributed by atoms with Crippen LogP contribution in [0.4, 0.5) is 13.2 Å². The van der Waals surface area contributed by atoms with Crippen molar-refractivity contribution in [2.24, 2.45) is 5.41 Å². The lowest BCUT2D eigenvalue weighted by molar-refractivity contribution is -0.137. The van der Waals surface area contributed by atoms with Crippen LogP contribution in [0.15, 0.2) is 61.1 Å². The smallest absolute Gasteiger partial charge is 0.351 e. The minimum atomic E-state index is -4.46. The van der Waals surface area contributed by atoms with Gasteiger partial charge < -0.3 is 5.32 Å². The van der Waals surface area contributed by atoms with Crippen LogP contribution < -0.4 is 5.32 Å². The molecule has 1 N–H and O–H groups in total. The van der Waals surface area contributed by atoms with Crippen LogP contribution in [0.3, 0.4) is 0 Å². The molecule has 7 heteroatoms. The Kier molecular flexibility index (Phi) is 6.01. The summed E-state index contributed by atoms with van der Waals surface area (Å²) in [6.07, 6.45) is -0.716. The summed E-state index contributed by atoms with van der Waals surface area (Å²) in [6, 6.07) is 12.1. The Balaban J connectivity index is 1.91. The molecule has 0 spiro atoms. The SMILES string of the molecule is CC(C)(C)CCNC(=O)c1cncn1-c1cccc(-c2ccccc2C(F)(F)F)c1. The molecule has 1 aromatic heterocycles. The van der Waals surface area contributed by atoms with Crippen molar-refractivity contribution in [2.75, 3.05) is 6.54 Å². The molecule has 1 heterocycles. The largest absolute Gasteiger partial charge is 0.417 e. The highest BCUT2D eigenvalue weighted by Gasteiger charge is 2.33. The van der Waals surface area contributed by atoms with E-state index in [0.29, 0.717) is 23.5 Å². The molecule has 0 radical (unpaired) electrons. The zero-order chi connectivity index (χ0) is 21.9. The zero-order valence-electron chi connectivity index (χ0n) is 17.1. The van der Waals surface area contributed by atoms with E-state index in [1.165, 1.54) is 24.7 Å². The van der Waals surface area contributed by atoms with Gasteiger partial charge in [-0.2, -0.15) is 13.2 Å². The summed E-state index contributed by atoms with van der Waals surface area (Å²) in [4.78, 5) is 16.7. The molecule has 0 bridgehead atoms. The molecule has 4 nitrogen and oxygen atoms in total. The Bertz CT molecular complexity index is 1030. The number of benzene rings is 2. The van der Waals surface area contributed by atoms with E-state index in [-0.39, 0.29) is 16.9 Å². The average molecular weight is 415 g/mol. The van der Waals surface area contributed by atoms with Crippen LogP contribution in [0.1, 0.15) is 43.2 Å². The molecule has 0 aliphatic carbocycles. The average Bonchev–Trinajstić information content (AvgIpc) is 3.16. The summed E-state index contributed by atoms with van der Waals surface area (Å²) >= 11 is 0. The molecule has 0 aliphatic rings. The summed E-state index contributed by atoms with van der Waals surface area (Å²) in [6.45, 7) is 6.79. The zero-order valence-corrected chi connectivity index (χ0v) is 17.1. The van der Waals surface area contributed by atoms with Crippen LogP contribution in [0.2, 0.25) is 0 Å². The lowest BCUT2D eigenvalue weighted by Gasteiger charge is -2.18. The number of nitrogens with zero attached hydrogens (tertiary/aromatic N) is 2. The van der Waals surface area contributed by atoms with Gasteiger partial charge in [0.25, 0.3) is 5.91 Å². The van der Waals surface area contributed by atoms with Gasteiger partial charge in [0.15, 0.2) is 0 Å². The fraction of sp³-hybridized carbons (Fsp3) is 0.304. The normalized spacial score (nSPS) is 12.1. The van der Waals surface area contributed by atoms with Gasteiger partial charge in [-0.05, 0) is 41.2 Å². The fourth-order valence-corrected chi connectivity index (χ4v) is 3.12. The number of nitrogens with one attached hydrogen (secondary N) is 1. The first-order valence-corrected chi connectivity index (χ1v) is 9.64. The molecular formula is C23H24F3N3O. The van der Waals surface area contributed by atoms with Crippen LogP contribution in [-0.2, 0) is 6.18 Å². The first-order chi connectivity index (χ1) is 14.1. The highest BCUT2D eigenvalue weighted by Crippen LogP contribution is 2.37. The Hall–Kier alpha value is -3.09. The van der Waals surface area contributed by atoms with E-state index in [0.717, 1.165) is 12.5 Å². The molecule has 0 unspecified atom stereocenters. The van der Waals surface area contributed by atoms with E-state index >= 15 is 0 Å². The third-order valence-electron chi connectivity index (χ3n) is 4.70.